The predicted molar refractivity (Wildman–Crippen MR) is 148 cm³/mol. The lowest BCUT2D eigenvalue weighted by Crippen LogP contribution is -2.47. The van der Waals surface area contributed by atoms with Crippen LogP contribution in [0, 0.1) is 5.41 Å². The average Bonchev–Trinajstić information content (AvgIpc) is 2.90. The van der Waals surface area contributed by atoms with Crippen LogP contribution in [0.1, 0.15) is 25.5 Å². The van der Waals surface area contributed by atoms with Gasteiger partial charge in [-0.3, -0.25) is 14.9 Å². The third-order valence-corrected chi connectivity index (χ3v) is 6.47. The molecule has 0 saturated carbocycles. The summed E-state index contributed by atoms with van der Waals surface area (Å²) in [5.74, 6) is 1.14. The van der Waals surface area contributed by atoms with Crippen molar-refractivity contribution in [2.24, 2.45) is 4.99 Å². The van der Waals surface area contributed by atoms with Gasteiger partial charge in [0.25, 0.3) is 0 Å². The fraction of sp³-hybridized carbons (Fsp3) is 0.429. The Morgan fingerprint density at radius 1 is 1.08 bits per heavy atom. The van der Waals surface area contributed by atoms with Gasteiger partial charge in [0.1, 0.15) is 11.5 Å². The minimum absolute atomic E-state index is 0.205. The van der Waals surface area contributed by atoms with Crippen LogP contribution in [0.4, 0.5) is 11.4 Å². The molecule has 0 amide bonds. The van der Waals surface area contributed by atoms with E-state index < -0.39 is 0 Å². The van der Waals surface area contributed by atoms with Crippen LogP contribution in [0.25, 0.3) is 11.0 Å². The molecule has 3 aromatic rings. The third kappa shape index (κ3) is 6.42. The van der Waals surface area contributed by atoms with Gasteiger partial charge in [0.05, 0.1) is 55.3 Å². The van der Waals surface area contributed by atoms with Gasteiger partial charge >= 0.3 is 0 Å². The van der Waals surface area contributed by atoms with Crippen molar-refractivity contribution in [1.82, 2.24) is 14.9 Å². The number of aliphatic imine (C=N–C) groups is 1. The quantitative estimate of drug-likeness (QED) is 0.411. The van der Waals surface area contributed by atoms with Gasteiger partial charge in [-0.15, -0.1) is 0 Å². The zero-order valence-corrected chi connectivity index (χ0v) is 22.2. The standard InChI is InChI=1S/C28H36N6O3/c1-19-17-33(18-20(2)37-19)8-9-34(23-10-24(35-4)13-25(11-23)36-5)22-6-7-26-27(12-22)32-28(16-31-26)21(14-29)15-30-3/h6-7,10-16,19-21,29H,8-9,17-18H2,1-5H3. The summed E-state index contributed by atoms with van der Waals surface area (Å²) in [6, 6.07) is 12.0. The average molecular weight is 505 g/mol. The van der Waals surface area contributed by atoms with E-state index in [1.807, 2.05) is 30.3 Å². The number of fused-ring (bicyclic) bond motifs is 1. The molecule has 0 radical (unpaired) electrons. The van der Waals surface area contributed by atoms with E-state index in [1.165, 1.54) is 6.21 Å². The zero-order valence-electron chi connectivity index (χ0n) is 22.2. The van der Waals surface area contributed by atoms with Crippen LogP contribution >= 0.6 is 0 Å². The number of nitrogens with zero attached hydrogens (tertiary/aromatic N) is 5. The van der Waals surface area contributed by atoms with Crippen molar-refractivity contribution >= 4 is 34.8 Å². The highest BCUT2D eigenvalue weighted by molar-refractivity contribution is 5.89. The van der Waals surface area contributed by atoms with Gasteiger partial charge in [-0.2, -0.15) is 0 Å². The van der Waals surface area contributed by atoms with E-state index in [2.05, 4.69) is 39.7 Å². The number of hydrogen-bond acceptors (Lipinski definition) is 9. The highest BCUT2D eigenvalue weighted by atomic mass is 16.5. The van der Waals surface area contributed by atoms with Gasteiger partial charge < -0.3 is 24.5 Å². The molecule has 1 fully saturated rings. The van der Waals surface area contributed by atoms with Crippen molar-refractivity contribution < 1.29 is 14.2 Å². The van der Waals surface area contributed by atoms with Crippen LogP contribution in [0.5, 0.6) is 11.5 Å². The maximum absolute atomic E-state index is 7.76. The van der Waals surface area contributed by atoms with Crippen molar-refractivity contribution in [1.29, 1.82) is 5.41 Å². The molecule has 1 saturated heterocycles. The van der Waals surface area contributed by atoms with Crippen LogP contribution < -0.4 is 14.4 Å². The van der Waals surface area contributed by atoms with Crippen LogP contribution in [-0.2, 0) is 4.74 Å². The van der Waals surface area contributed by atoms with Gasteiger partial charge in [-0.05, 0) is 32.0 Å². The van der Waals surface area contributed by atoms with E-state index in [0.29, 0.717) is 5.69 Å². The lowest BCUT2D eigenvalue weighted by molar-refractivity contribution is -0.0669. The topological polar surface area (TPSA) is 96.2 Å². The van der Waals surface area contributed by atoms with E-state index >= 15 is 0 Å². The fourth-order valence-corrected chi connectivity index (χ4v) is 4.77. The Hall–Kier alpha value is -3.56. The lowest BCUT2D eigenvalue weighted by Gasteiger charge is -2.37. The first-order valence-corrected chi connectivity index (χ1v) is 12.5. The lowest BCUT2D eigenvalue weighted by atomic mass is 10.1. The smallest absolute Gasteiger partial charge is 0.124 e. The fourth-order valence-electron chi connectivity index (χ4n) is 4.77. The van der Waals surface area contributed by atoms with Gasteiger partial charge in [0.15, 0.2) is 0 Å². The summed E-state index contributed by atoms with van der Waals surface area (Å²) in [6.45, 7) is 7.66. The molecule has 0 aliphatic carbocycles. The van der Waals surface area contributed by atoms with Gasteiger partial charge in [0, 0.05) is 75.2 Å². The molecule has 1 N–H and O–H groups in total. The maximum atomic E-state index is 7.76. The molecule has 37 heavy (non-hydrogen) atoms. The molecule has 0 bridgehead atoms. The normalized spacial score (nSPS) is 19.2. The Balaban J connectivity index is 1.73. The number of benzene rings is 2. The molecular formula is C28H36N6O3. The number of methoxy groups -OCH3 is 2. The first-order chi connectivity index (χ1) is 17.9. The SMILES string of the molecule is CN=CC(C=N)c1cnc2ccc(N(CCN3CC(C)OC(C)C3)c3cc(OC)cc(OC)c3)cc2n1. The number of ether oxygens (including phenoxy) is 3. The first kappa shape index (κ1) is 26.5. The number of aromatic nitrogens is 2. The van der Waals surface area contributed by atoms with Gasteiger partial charge in [0.2, 0.25) is 0 Å². The summed E-state index contributed by atoms with van der Waals surface area (Å²) >= 11 is 0. The van der Waals surface area contributed by atoms with E-state index in [-0.39, 0.29) is 18.1 Å². The Morgan fingerprint density at radius 3 is 2.41 bits per heavy atom. The predicted octanol–water partition coefficient (Wildman–Crippen LogP) is 4.33. The Bertz CT molecular complexity index is 1220. The second-order valence-electron chi connectivity index (χ2n) is 9.31. The molecule has 0 spiro atoms. The Morgan fingerprint density at radius 2 is 1.78 bits per heavy atom. The highest BCUT2D eigenvalue weighted by Gasteiger charge is 2.23. The van der Waals surface area contributed by atoms with E-state index in [1.54, 1.807) is 33.7 Å². The van der Waals surface area contributed by atoms with Gasteiger partial charge in [-0.25, -0.2) is 4.98 Å². The first-order valence-electron chi connectivity index (χ1n) is 12.5. The van der Waals surface area contributed by atoms with Crippen LogP contribution in [0.3, 0.4) is 0 Å². The second kappa shape index (κ2) is 12.1. The summed E-state index contributed by atoms with van der Waals surface area (Å²) in [6.07, 6.45) is 5.15. The van der Waals surface area contributed by atoms with E-state index in [4.69, 9.17) is 24.6 Å². The van der Waals surface area contributed by atoms with Crippen LogP contribution in [0.15, 0.2) is 47.6 Å². The highest BCUT2D eigenvalue weighted by Crippen LogP contribution is 2.34. The molecule has 3 unspecified atom stereocenters. The molecule has 4 rings (SSSR count). The zero-order chi connectivity index (χ0) is 26.4. The van der Waals surface area contributed by atoms with Crippen molar-refractivity contribution in [3.05, 3.63) is 48.3 Å². The summed E-state index contributed by atoms with van der Waals surface area (Å²) in [5.41, 5.74) is 4.20. The molecule has 196 valence electrons. The molecule has 1 aliphatic heterocycles. The summed E-state index contributed by atoms with van der Waals surface area (Å²) in [4.78, 5) is 18.2. The summed E-state index contributed by atoms with van der Waals surface area (Å²) in [5, 5.41) is 7.76. The van der Waals surface area contributed by atoms with E-state index in [9.17, 15) is 0 Å². The monoisotopic (exact) mass is 504 g/mol. The summed E-state index contributed by atoms with van der Waals surface area (Å²) in [7, 11) is 5.01. The number of rotatable bonds is 10. The molecule has 2 aromatic carbocycles. The van der Waals surface area contributed by atoms with Crippen LogP contribution in [-0.4, -0.2) is 87.0 Å². The molecule has 1 aliphatic rings. The number of nitrogens with one attached hydrogen (secondary N) is 1. The number of morpholine rings is 1. The molecule has 1 aromatic heterocycles. The van der Waals surface area contributed by atoms with Crippen molar-refractivity contribution in [3.63, 3.8) is 0 Å². The minimum atomic E-state index is -0.311. The molecule has 3 atom stereocenters. The number of hydrogen-bond donors (Lipinski definition) is 1. The maximum Gasteiger partial charge on any atom is 0.124 e. The van der Waals surface area contributed by atoms with Gasteiger partial charge in [-0.1, -0.05) is 0 Å². The third-order valence-electron chi connectivity index (χ3n) is 6.47. The van der Waals surface area contributed by atoms with E-state index in [0.717, 1.165) is 60.1 Å². The Labute approximate surface area is 218 Å². The largest absolute Gasteiger partial charge is 0.497 e. The molecule has 9 heteroatoms. The Kier molecular flexibility index (Phi) is 8.68. The second-order valence-corrected chi connectivity index (χ2v) is 9.31. The van der Waals surface area contributed by atoms with Crippen LogP contribution in [0.2, 0.25) is 0 Å². The van der Waals surface area contributed by atoms with Crippen molar-refractivity contribution in [3.8, 4) is 11.5 Å². The molecule has 9 nitrogen and oxygen atoms in total. The summed E-state index contributed by atoms with van der Waals surface area (Å²) < 4.78 is 17.1. The van der Waals surface area contributed by atoms with Crippen molar-refractivity contribution in [2.75, 3.05) is 52.3 Å². The molecule has 2 heterocycles. The number of anilines is 2. The minimum Gasteiger partial charge on any atom is -0.497 e. The molecular weight excluding hydrogens is 468 g/mol. The van der Waals surface area contributed by atoms with Crippen molar-refractivity contribution in [2.45, 2.75) is 32.0 Å².